The van der Waals surface area contributed by atoms with Crippen molar-refractivity contribution in [3.63, 3.8) is 0 Å². The third-order valence-electron chi connectivity index (χ3n) is 3.98. The van der Waals surface area contributed by atoms with E-state index in [4.69, 9.17) is 4.74 Å². The van der Waals surface area contributed by atoms with Crippen LogP contribution in [0.2, 0.25) is 0 Å². The number of Topliss-reactive ketones (excluding diaryl/α,β-unsaturated/α-hetero) is 1. The molecule has 1 heterocycles. The molecule has 1 fully saturated rings. The molecule has 2 aliphatic rings. The van der Waals surface area contributed by atoms with Crippen LogP contribution in [-0.2, 0) is 20.7 Å². The van der Waals surface area contributed by atoms with Crippen molar-refractivity contribution in [1.82, 2.24) is 0 Å². The third kappa shape index (κ3) is 1.99. The Morgan fingerprint density at radius 1 is 1.30 bits per heavy atom. The molecule has 1 aliphatic heterocycles. The molecule has 1 atom stereocenters. The molecule has 0 aromatic heterocycles. The Kier molecular flexibility index (Phi) is 3.04. The highest BCUT2D eigenvalue weighted by atomic mass is 16.5. The zero-order valence-electron chi connectivity index (χ0n) is 11.2. The second-order valence-electron chi connectivity index (χ2n) is 5.19. The van der Waals surface area contributed by atoms with Gasteiger partial charge in [0.25, 0.3) is 0 Å². The van der Waals surface area contributed by atoms with Gasteiger partial charge in [0.2, 0.25) is 5.91 Å². The fraction of sp³-hybridized carbons (Fsp3) is 0.400. The first kappa shape index (κ1) is 12.8. The van der Waals surface area contributed by atoms with E-state index in [0.717, 1.165) is 23.2 Å². The molecular weight excluding hydrogens is 258 g/mol. The van der Waals surface area contributed by atoms with E-state index < -0.39 is 5.92 Å². The maximum atomic E-state index is 12.0. The molecule has 1 aliphatic carbocycles. The number of benzene rings is 1. The summed E-state index contributed by atoms with van der Waals surface area (Å²) in [4.78, 5) is 36.7. The lowest BCUT2D eigenvalue weighted by Crippen LogP contribution is -2.26. The SMILES string of the molecule is COC(=O)C1CC(=O)N(c2ccc3c(c2)CCC3=O)C1. The topological polar surface area (TPSA) is 63.7 Å². The molecule has 1 amide bonds. The van der Waals surface area contributed by atoms with Gasteiger partial charge in [-0.2, -0.15) is 0 Å². The third-order valence-corrected chi connectivity index (χ3v) is 3.98. The van der Waals surface area contributed by atoms with Gasteiger partial charge in [0.15, 0.2) is 5.78 Å². The molecule has 1 saturated heterocycles. The summed E-state index contributed by atoms with van der Waals surface area (Å²) >= 11 is 0. The van der Waals surface area contributed by atoms with E-state index >= 15 is 0 Å². The summed E-state index contributed by atoms with van der Waals surface area (Å²) in [6.07, 6.45) is 1.45. The van der Waals surface area contributed by atoms with E-state index in [1.54, 1.807) is 17.0 Å². The number of amides is 1. The average Bonchev–Trinajstić information content (AvgIpc) is 3.01. The van der Waals surface area contributed by atoms with Crippen LogP contribution >= 0.6 is 0 Å². The van der Waals surface area contributed by atoms with Crippen molar-refractivity contribution in [3.8, 4) is 0 Å². The minimum atomic E-state index is -0.401. The summed E-state index contributed by atoms with van der Waals surface area (Å²) in [5.74, 6) is -0.670. The van der Waals surface area contributed by atoms with Gasteiger partial charge in [-0.05, 0) is 30.2 Å². The van der Waals surface area contributed by atoms with Gasteiger partial charge in [0.1, 0.15) is 0 Å². The molecule has 0 spiro atoms. The molecule has 1 unspecified atom stereocenters. The molecule has 1 aromatic carbocycles. The van der Waals surface area contributed by atoms with Gasteiger partial charge in [-0.3, -0.25) is 14.4 Å². The summed E-state index contributed by atoms with van der Waals surface area (Å²) in [5, 5.41) is 0. The Bertz CT molecular complexity index is 608. The Morgan fingerprint density at radius 2 is 2.10 bits per heavy atom. The number of methoxy groups -OCH3 is 1. The highest BCUT2D eigenvalue weighted by molar-refractivity contribution is 6.03. The molecule has 0 bridgehead atoms. The molecule has 0 radical (unpaired) electrons. The summed E-state index contributed by atoms with van der Waals surface area (Å²) in [6.45, 7) is 0.345. The van der Waals surface area contributed by atoms with Crippen LogP contribution in [-0.4, -0.2) is 31.3 Å². The average molecular weight is 273 g/mol. The Balaban J connectivity index is 1.85. The van der Waals surface area contributed by atoms with Crippen LogP contribution in [0, 0.1) is 5.92 Å². The van der Waals surface area contributed by atoms with Crippen LogP contribution in [0.5, 0.6) is 0 Å². The number of aryl methyl sites for hydroxylation is 1. The molecule has 104 valence electrons. The number of ketones is 1. The predicted molar refractivity (Wildman–Crippen MR) is 71.6 cm³/mol. The van der Waals surface area contributed by atoms with Gasteiger partial charge in [0.05, 0.1) is 13.0 Å². The summed E-state index contributed by atoms with van der Waals surface area (Å²) in [6, 6.07) is 5.44. The fourth-order valence-corrected chi connectivity index (χ4v) is 2.89. The smallest absolute Gasteiger partial charge is 0.311 e. The first-order valence-electron chi connectivity index (χ1n) is 6.64. The number of nitrogens with zero attached hydrogens (tertiary/aromatic N) is 1. The number of carbonyl (C=O) groups is 3. The normalized spacial score (nSPS) is 21.2. The molecule has 0 N–H and O–H groups in total. The minimum absolute atomic E-state index is 0.0790. The van der Waals surface area contributed by atoms with Crippen LogP contribution in [0.15, 0.2) is 18.2 Å². The van der Waals surface area contributed by atoms with Gasteiger partial charge in [-0.15, -0.1) is 0 Å². The number of rotatable bonds is 2. The number of carbonyl (C=O) groups excluding carboxylic acids is 3. The first-order valence-corrected chi connectivity index (χ1v) is 6.64. The second kappa shape index (κ2) is 4.74. The molecule has 5 nitrogen and oxygen atoms in total. The lowest BCUT2D eigenvalue weighted by molar-refractivity contribution is -0.145. The van der Waals surface area contributed by atoms with Crippen molar-refractivity contribution in [2.45, 2.75) is 19.3 Å². The number of hydrogen-bond donors (Lipinski definition) is 0. The van der Waals surface area contributed by atoms with Crippen LogP contribution < -0.4 is 4.90 Å². The molecule has 3 rings (SSSR count). The van der Waals surface area contributed by atoms with E-state index in [-0.39, 0.29) is 24.1 Å². The van der Waals surface area contributed by atoms with Crippen molar-refractivity contribution in [1.29, 1.82) is 0 Å². The van der Waals surface area contributed by atoms with Crippen LogP contribution in [0.4, 0.5) is 5.69 Å². The summed E-state index contributed by atoms with van der Waals surface area (Å²) in [5.41, 5.74) is 2.50. The molecule has 1 aromatic rings. The van der Waals surface area contributed by atoms with Crippen molar-refractivity contribution in [2.75, 3.05) is 18.6 Å². The van der Waals surface area contributed by atoms with E-state index in [1.165, 1.54) is 7.11 Å². The Labute approximate surface area is 116 Å². The molecule has 20 heavy (non-hydrogen) atoms. The number of hydrogen-bond acceptors (Lipinski definition) is 4. The van der Waals surface area contributed by atoms with Crippen molar-refractivity contribution in [2.24, 2.45) is 5.92 Å². The van der Waals surface area contributed by atoms with Crippen molar-refractivity contribution < 1.29 is 19.1 Å². The number of fused-ring (bicyclic) bond motifs is 1. The minimum Gasteiger partial charge on any atom is -0.469 e. The quantitative estimate of drug-likeness (QED) is 0.763. The summed E-state index contributed by atoms with van der Waals surface area (Å²) < 4.78 is 4.69. The van der Waals surface area contributed by atoms with Crippen LogP contribution in [0.25, 0.3) is 0 Å². The largest absolute Gasteiger partial charge is 0.469 e. The van der Waals surface area contributed by atoms with E-state index in [1.807, 2.05) is 6.07 Å². The Morgan fingerprint density at radius 3 is 2.85 bits per heavy atom. The number of ether oxygens (including phenoxy) is 1. The first-order chi connectivity index (χ1) is 9.60. The van der Waals surface area contributed by atoms with Gasteiger partial charge in [-0.25, -0.2) is 0 Å². The predicted octanol–water partition coefficient (Wildman–Crippen LogP) is 1.34. The lowest BCUT2D eigenvalue weighted by atomic mass is 10.1. The fourth-order valence-electron chi connectivity index (χ4n) is 2.89. The maximum absolute atomic E-state index is 12.0. The van der Waals surface area contributed by atoms with Gasteiger partial charge >= 0.3 is 5.97 Å². The van der Waals surface area contributed by atoms with Gasteiger partial charge < -0.3 is 9.64 Å². The second-order valence-corrected chi connectivity index (χ2v) is 5.19. The zero-order chi connectivity index (χ0) is 14.3. The highest BCUT2D eigenvalue weighted by Gasteiger charge is 2.36. The zero-order valence-corrected chi connectivity index (χ0v) is 11.2. The van der Waals surface area contributed by atoms with Gasteiger partial charge in [0, 0.05) is 30.6 Å². The van der Waals surface area contributed by atoms with Crippen LogP contribution in [0.1, 0.15) is 28.8 Å². The number of esters is 1. The Hall–Kier alpha value is -2.17. The van der Waals surface area contributed by atoms with E-state index in [0.29, 0.717) is 13.0 Å². The maximum Gasteiger partial charge on any atom is 0.311 e. The highest BCUT2D eigenvalue weighted by Crippen LogP contribution is 2.30. The van der Waals surface area contributed by atoms with Crippen molar-refractivity contribution in [3.05, 3.63) is 29.3 Å². The van der Waals surface area contributed by atoms with E-state index in [2.05, 4.69) is 0 Å². The standard InChI is InChI=1S/C15H15NO4/c1-20-15(19)10-7-14(18)16(8-10)11-3-4-12-9(6-11)2-5-13(12)17/h3-4,6,10H,2,5,7-8H2,1H3. The van der Waals surface area contributed by atoms with Crippen LogP contribution in [0.3, 0.4) is 0 Å². The summed E-state index contributed by atoms with van der Waals surface area (Å²) in [7, 11) is 1.33. The van der Waals surface area contributed by atoms with Crippen molar-refractivity contribution >= 4 is 23.3 Å². The van der Waals surface area contributed by atoms with Gasteiger partial charge in [-0.1, -0.05) is 0 Å². The van der Waals surface area contributed by atoms with E-state index in [9.17, 15) is 14.4 Å². The number of anilines is 1. The molecule has 0 saturated carbocycles. The lowest BCUT2D eigenvalue weighted by Gasteiger charge is -2.17. The molecule has 5 heteroatoms. The molecular formula is C15H15NO4. The monoisotopic (exact) mass is 273 g/mol.